The second-order valence-corrected chi connectivity index (χ2v) is 11.5. The lowest BCUT2D eigenvalue weighted by Gasteiger charge is -2.22. The summed E-state index contributed by atoms with van der Waals surface area (Å²) in [6.45, 7) is 7.69. The Morgan fingerprint density at radius 1 is 1.04 bits per heavy atom. The molecule has 0 aliphatic carbocycles. The van der Waals surface area contributed by atoms with Crippen molar-refractivity contribution in [3.05, 3.63) is 94.6 Å². The maximum absolute atomic E-state index is 13.3. The van der Waals surface area contributed by atoms with E-state index in [1.807, 2.05) is 54.3 Å². The molecule has 1 atom stereocenters. The highest BCUT2D eigenvalue weighted by atomic mass is 16.5. The molecule has 2 aliphatic rings. The van der Waals surface area contributed by atoms with Crippen LogP contribution in [0.5, 0.6) is 0 Å². The molecule has 0 saturated carbocycles. The first-order valence-corrected chi connectivity index (χ1v) is 15.7. The van der Waals surface area contributed by atoms with Gasteiger partial charge in [-0.25, -0.2) is 4.79 Å². The minimum atomic E-state index is -1.21. The highest BCUT2D eigenvalue weighted by molar-refractivity contribution is 6.62. The number of carbonyl (C=O) groups is 3. The molecule has 3 amide bonds. The minimum absolute atomic E-state index is 0.0258. The highest BCUT2D eigenvalue weighted by Gasteiger charge is 2.35. The SMILES string of the molecule is CCCN(CCC)C(=O)C1=Cc2ccc(C(=O)NCC3OB(O)c4cc(NC(=O)OCc5ccccc5)ccc43)cc2N=C(C)C1. The molecule has 5 rings (SSSR count). The third-order valence-corrected chi connectivity index (χ3v) is 7.83. The zero-order valence-corrected chi connectivity index (χ0v) is 26.4. The smallest absolute Gasteiger partial charge is 0.444 e. The molecule has 46 heavy (non-hydrogen) atoms. The number of aliphatic imine (C=N–C) groups is 1. The van der Waals surface area contributed by atoms with Gasteiger partial charge in [0.1, 0.15) is 6.61 Å². The fraction of sp³-hybridized carbons (Fsp3) is 0.314. The predicted molar refractivity (Wildman–Crippen MR) is 179 cm³/mol. The van der Waals surface area contributed by atoms with E-state index < -0.39 is 19.3 Å². The van der Waals surface area contributed by atoms with Gasteiger partial charge in [-0.2, -0.15) is 0 Å². The van der Waals surface area contributed by atoms with E-state index in [9.17, 15) is 19.4 Å². The van der Waals surface area contributed by atoms with Crippen LogP contribution in [0.15, 0.2) is 77.3 Å². The van der Waals surface area contributed by atoms with Gasteiger partial charge >= 0.3 is 13.2 Å². The zero-order valence-electron chi connectivity index (χ0n) is 26.4. The molecular formula is C35H39BN4O6. The Bertz CT molecular complexity index is 1650. The van der Waals surface area contributed by atoms with E-state index in [-0.39, 0.29) is 25.0 Å². The number of hydrogen-bond donors (Lipinski definition) is 3. The molecule has 2 heterocycles. The lowest BCUT2D eigenvalue weighted by molar-refractivity contribution is -0.127. The summed E-state index contributed by atoms with van der Waals surface area (Å²) in [6, 6.07) is 19.7. The molecule has 3 aromatic rings. The van der Waals surface area contributed by atoms with E-state index in [0.29, 0.717) is 53.0 Å². The summed E-state index contributed by atoms with van der Waals surface area (Å²) < 4.78 is 11.0. The number of anilines is 1. The third kappa shape index (κ3) is 7.91. The van der Waals surface area contributed by atoms with Crippen molar-refractivity contribution in [1.82, 2.24) is 10.2 Å². The quantitative estimate of drug-likeness (QED) is 0.254. The Morgan fingerprint density at radius 2 is 1.80 bits per heavy atom. The van der Waals surface area contributed by atoms with E-state index in [1.165, 1.54) is 0 Å². The normalized spacial score (nSPS) is 15.1. The highest BCUT2D eigenvalue weighted by Crippen LogP contribution is 2.30. The molecule has 10 nitrogen and oxygen atoms in total. The van der Waals surface area contributed by atoms with Crippen LogP contribution in [0, 0.1) is 0 Å². The largest absolute Gasteiger partial charge is 0.492 e. The Hall–Kier alpha value is -4.74. The van der Waals surface area contributed by atoms with Crippen molar-refractivity contribution in [3.63, 3.8) is 0 Å². The second kappa shape index (κ2) is 15.0. The van der Waals surface area contributed by atoms with E-state index in [4.69, 9.17) is 14.4 Å². The number of fused-ring (bicyclic) bond motifs is 2. The monoisotopic (exact) mass is 622 g/mol. The van der Waals surface area contributed by atoms with Crippen molar-refractivity contribution in [2.75, 3.05) is 25.0 Å². The minimum Gasteiger partial charge on any atom is -0.444 e. The van der Waals surface area contributed by atoms with Crippen LogP contribution in [-0.4, -0.2) is 60.3 Å². The van der Waals surface area contributed by atoms with Gasteiger partial charge in [0.05, 0.1) is 11.8 Å². The Kier molecular flexibility index (Phi) is 10.7. The average molecular weight is 623 g/mol. The molecule has 0 spiro atoms. The number of benzene rings is 3. The standard InChI is InChI=1S/C35H39BN4O6/c1-4-15-40(16-5-2)34(42)27-17-23(3)38-31-19-26(12-11-25(31)18-27)33(41)37-21-32-29-14-13-28(20-30(29)36(44)46-32)39-35(43)45-22-24-9-7-6-8-10-24/h6-14,18-20,32,44H,4-5,15-17,21-22H2,1-3H3,(H,37,41)(H,39,43). The summed E-state index contributed by atoms with van der Waals surface area (Å²) in [5.41, 5.74) is 5.86. The van der Waals surface area contributed by atoms with Crippen molar-refractivity contribution in [2.24, 2.45) is 4.99 Å². The molecule has 0 saturated heterocycles. The Labute approximate surface area is 269 Å². The molecule has 2 aliphatic heterocycles. The molecule has 11 heteroatoms. The average Bonchev–Trinajstić information content (AvgIpc) is 3.26. The molecular weight excluding hydrogens is 583 g/mol. The summed E-state index contributed by atoms with van der Waals surface area (Å²) in [5, 5.41) is 16.1. The summed E-state index contributed by atoms with van der Waals surface area (Å²) in [5.74, 6) is -0.291. The molecule has 238 valence electrons. The van der Waals surface area contributed by atoms with Crippen LogP contribution in [-0.2, 0) is 20.8 Å². The molecule has 0 aromatic heterocycles. The molecule has 3 aromatic carbocycles. The van der Waals surface area contributed by atoms with Crippen LogP contribution in [0.2, 0.25) is 0 Å². The van der Waals surface area contributed by atoms with Crippen molar-refractivity contribution in [2.45, 2.75) is 52.7 Å². The molecule has 3 N–H and O–H groups in total. The van der Waals surface area contributed by atoms with Gasteiger partial charge in [0, 0.05) is 54.2 Å². The van der Waals surface area contributed by atoms with Gasteiger partial charge in [-0.3, -0.25) is 19.9 Å². The number of hydrogen-bond acceptors (Lipinski definition) is 7. The van der Waals surface area contributed by atoms with Crippen LogP contribution in [0.1, 0.15) is 73.2 Å². The predicted octanol–water partition coefficient (Wildman–Crippen LogP) is 5.15. The van der Waals surface area contributed by atoms with Gasteiger partial charge in [-0.15, -0.1) is 0 Å². The van der Waals surface area contributed by atoms with Crippen LogP contribution in [0.3, 0.4) is 0 Å². The first-order valence-electron chi connectivity index (χ1n) is 15.7. The van der Waals surface area contributed by atoms with Gasteiger partial charge < -0.3 is 24.6 Å². The first-order chi connectivity index (χ1) is 22.2. The van der Waals surface area contributed by atoms with Crippen LogP contribution >= 0.6 is 0 Å². The summed E-state index contributed by atoms with van der Waals surface area (Å²) in [4.78, 5) is 45.4. The fourth-order valence-electron chi connectivity index (χ4n) is 5.64. The van der Waals surface area contributed by atoms with Crippen LogP contribution < -0.4 is 16.1 Å². The summed E-state index contributed by atoms with van der Waals surface area (Å²) >= 11 is 0. The summed E-state index contributed by atoms with van der Waals surface area (Å²) in [6.07, 6.45) is 2.92. The van der Waals surface area contributed by atoms with E-state index >= 15 is 0 Å². The van der Waals surface area contributed by atoms with Gasteiger partial charge in [-0.05, 0) is 66.7 Å². The molecule has 0 bridgehead atoms. The number of amides is 3. The maximum Gasteiger partial charge on any atom is 0.492 e. The van der Waals surface area contributed by atoms with Crippen molar-refractivity contribution >= 4 is 53.7 Å². The maximum atomic E-state index is 13.3. The van der Waals surface area contributed by atoms with Crippen molar-refractivity contribution < 1.29 is 28.8 Å². The van der Waals surface area contributed by atoms with Crippen molar-refractivity contribution in [3.8, 4) is 0 Å². The first kappa shape index (κ1) is 32.7. The number of nitrogens with zero attached hydrogens (tertiary/aromatic N) is 2. The fourth-order valence-corrected chi connectivity index (χ4v) is 5.64. The van der Waals surface area contributed by atoms with Gasteiger partial charge in [-0.1, -0.05) is 56.3 Å². The second-order valence-electron chi connectivity index (χ2n) is 11.5. The lowest BCUT2D eigenvalue weighted by Crippen LogP contribution is -2.33. The van der Waals surface area contributed by atoms with Gasteiger partial charge in [0.2, 0.25) is 5.91 Å². The number of carbonyl (C=O) groups excluding carboxylic acids is 3. The summed E-state index contributed by atoms with van der Waals surface area (Å²) in [7, 11) is -1.21. The van der Waals surface area contributed by atoms with E-state index in [1.54, 1.807) is 30.3 Å². The van der Waals surface area contributed by atoms with E-state index in [0.717, 1.165) is 29.7 Å². The number of rotatable bonds is 11. The van der Waals surface area contributed by atoms with Crippen LogP contribution in [0.4, 0.5) is 16.2 Å². The number of ether oxygens (including phenoxy) is 1. The van der Waals surface area contributed by atoms with Gasteiger partial charge in [0.15, 0.2) is 0 Å². The molecule has 0 fully saturated rings. The van der Waals surface area contributed by atoms with Crippen LogP contribution in [0.25, 0.3) is 6.08 Å². The van der Waals surface area contributed by atoms with E-state index in [2.05, 4.69) is 24.5 Å². The molecule has 0 radical (unpaired) electrons. The Morgan fingerprint density at radius 3 is 2.54 bits per heavy atom. The van der Waals surface area contributed by atoms with Crippen molar-refractivity contribution in [1.29, 1.82) is 0 Å². The topological polar surface area (TPSA) is 130 Å². The lowest BCUT2D eigenvalue weighted by atomic mass is 9.79. The Balaban J connectivity index is 1.21. The van der Waals surface area contributed by atoms with Gasteiger partial charge in [0.25, 0.3) is 5.91 Å². The number of nitrogens with one attached hydrogen (secondary N) is 2. The molecule has 1 unspecified atom stereocenters. The third-order valence-electron chi connectivity index (χ3n) is 7.83. The zero-order chi connectivity index (χ0) is 32.6.